The van der Waals surface area contributed by atoms with Crippen LogP contribution in [-0.2, 0) is 4.74 Å². The van der Waals surface area contributed by atoms with E-state index in [-0.39, 0.29) is 17.1 Å². The molecule has 3 heteroatoms. The minimum absolute atomic E-state index is 0.0198. The van der Waals surface area contributed by atoms with Gasteiger partial charge in [0, 0.05) is 13.8 Å². The molecule has 1 saturated carbocycles. The Bertz CT molecular complexity index is 652. The van der Waals surface area contributed by atoms with Gasteiger partial charge in [0.25, 0.3) is 5.54 Å². The summed E-state index contributed by atoms with van der Waals surface area (Å²) in [6.45, 7) is 18.1. The largest absolute Gasteiger partial charge is 0.363 e. The van der Waals surface area contributed by atoms with Crippen molar-refractivity contribution in [2.24, 2.45) is 23.2 Å². The lowest BCUT2D eigenvalue weighted by molar-refractivity contribution is -0.118. The maximum absolute atomic E-state index is 9.82. The molecule has 0 radical (unpaired) electrons. The van der Waals surface area contributed by atoms with Crippen molar-refractivity contribution in [1.82, 2.24) is 0 Å². The van der Waals surface area contributed by atoms with E-state index in [1.54, 1.807) is 0 Å². The van der Waals surface area contributed by atoms with Crippen molar-refractivity contribution in [1.29, 1.82) is 5.26 Å². The molecule has 0 bridgehead atoms. The van der Waals surface area contributed by atoms with Crippen LogP contribution in [-0.4, -0.2) is 17.2 Å². The van der Waals surface area contributed by atoms with Crippen LogP contribution in [0.4, 0.5) is 0 Å². The SMILES string of the molecule is [C-]#[N+]C(C)(C)C1CC[C@](C)([C@@H]2CC[C@@](C)(C#N)[C@H]3CCC(C)=C[C@@H]23)O1. The molecular formula is C22H32N2O. The zero-order chi connectivity index (χ0) is 18.5. The van der Waals surface area contributed by atoms with Crippen LogP contribution in [0.1, 0.15) is 73.1 Å². The Balaban J connectivity index is 1.89. The second kappa shape index (κ2) is 6.14. The first-order valence-electron chi connectivity index (χ1n) is 9.80. The van der Waals surface area contributed by atoms with E-state index < -0.39 is 5.54 Å². The Labute approximate surface area is 153 Å². The molecule has 0 aromatic carbocycles. The standard InChI is InChI=1S/C22H32N2O/c1-15-7-8-17-16(13-15)18(9-11-21(17,4)14-23)22(5)12-10-19(25-22)20(2,3)24-6/h13,16-19H,7-12H2,1-5H3/t16-,17+,18-,19?,21+,22-/m1/s1. The molecule has 2 aliphatic carbocycles. The summed E-state index contributed by atoms with van der Waals surface area (Å²) in [5.74, 6) is 1.33. The van der Waals surface area contributed by atoms with Crippen molar-refractivity contribution in [2.45, 2.75) is 90.4 Å². The van der Waals surface area contributed by atoms with Crippen LogP contribution in [0.25, 0.3) is 4.85 Å². The van der Waals surface area contributed by atoms with Crippen molar-refractivity contribution in [2.75, 3.05) is 0 Å². The number of nitriles is 1. The Morgan fingerprint density at radius 3 is 2.60 bits per heavy atom. The predicted molar refractivity (Wildman–Crippen MR) is 99.6 cm³/mol. The van der Waals surface area contributed by atoms with Crippen LogP contribution < -0.4 is 0 Å². The molecule has 1 unspecified atom stereocenters. The minimum atomic E-state index is -0.453. The van der Waals surface area contributed by atoms with Crippen LogP contribution in [0.15, 0.2) is 11.6 Å². The Kier molecular flexibility index (Phi) is 4.53. The Morgan fingerprint density at radius 1 is 1.24 bits per heavy atom. The molecule has 2 fully saturated rings. The highest BCUT2D eigenvalue weighted by atomic mass is 16.5. The summed E-state index contributed by atoms with van der Waals surface area (Å²) >= 11 is 0. The zero-order valence-electron chi connectivity index (χ0n) is 16.4. The molecule has 1 heterocycles. The van der Waals surface area contributed by atoms with Crippen molar-refractivity contribution in [3.8, 4) is 6.07 Å². The number of rotatable bonds is 2. The third-order valence-electron chi connectivity index (χ3n) is 7.48. The Hall–Kier alpha value is -1.32. The number of hydrogen-bond acceptors (Lipinski definition) is 2. The van der Waals surface area contributed by atoms with Gasteiger partial charge >= 0.3 is 0 Å². The van der Waals surface area contributed by atoms with Gasteiger partial charge < -0.3 is 9.58 Å². The summed E-state index contributed by atoms with van der Waals surface area (Å²) in [4.78, 5) is 3.81. The lowest BCUT2D eigenvalue weighted by Gasteiger charge is -2.52. The monoisotopic (exact) mass is 340 g/mol. The van der Waals surface area contributed by atoms with Gasteiger partial charge in [-0.2, -0.15) is 5.26 Å². The molecule has 0 amide bonds. The number of fused-ring (bicyclic) bond motifs is 1. The van der Waals surface area contributed by atoms with Crippen LogP contribution >= 0.6 is 0 Å². The van der Waals surface area contributed by atoms with Crippen molar-refractivity contribution in [3.63, 3.8) is 0 Å². The smallest absolute Gasteiger partial charge is 0.252 e. The second-order valence-electron chi connectivity index (χ2n) is 9.63. The summed E-state index contributed by atoms with van der Waals surface area (Å²) in [7, 11) is 0. The van der Waals surface area contributed by atoms with Gasteiger partial charge in [-0.1, -0.05) is 11.6 Å². The van der Waals surface area contributed by atoms with Crippen molar-refractivity contribution in [3.05, 3.63) is 23.1 Å². The van der Waals surface area contributed by atoms with E-state index in [1.807, 2.05) is 13.8 Å². The number of hydrogen-bond donors (Lipinski definition) is 0. The van der Waals surface area contributed by atoms with Crippen LogP contribution in [0.5, 0.6) is 0 Å². The number of ether oxygens (including phenoxy) is 1. The highest BCUT2D eigenvalue weighted by Crippen LogP contribution is 2.57. The van der Waals surface area contributed by atoms with E-state index in [9.17, 15) is 5.26 Å². The fourth-order valence-electron chi connectivity index (χ4n) is 5.63. The minimum Gasteiger partial charge on any atom is -0.363 e. The first-order valence-corrected chi connectivity index (χ1v) is 9.80. The first kappa shape index (κ1) is 18.5. The Morgan fingerprint density at radius 2 is 1.96 bits per heavy atom. The topological polar surface area (TPSA) is 37.4 Å². The molecule has 3 nitrogen and oxygen atoms in total. The average molecular weight is 341 g/mol. The summed E-state index contributed by atoms with van der Waals surface area (Å²) in [6, 6.07) is 2.65. The quantitative estimate of drug-likeness (QED) is 0.489. The first-order chi connectivity index (χ1) is 11.6. The molecule has 1 saturated heterocycles. The molecule has 6 atom stereocenters. The molecular weight excluding hydrogens is 308 g/mol. The van der Waals surface area contributed by atoms with Gasteiger partial charge in [0.15, 0.2) is 0 Å². The number of nitrogens with zero attached hydrogens (tertiary/aromatic N) is 2. The third kappa shape index (κ3) is 3.02. The molecule has 0 aromatic rings. The van der Waals surface area contributed by atoms with Crippen molar-refractivity contribution >= 4 is 0 Å². The maximum atomic E-state index is 9.82. The molecule has 0 N–H and O–H groups in total. The van der Waals surface area contributed by atoms with E-state index in [4.69, 9.17) is 11.3 Å². The van der Waals surface area contributed by atoms with Gasteiger partial charge in [0.1, 0.15) is 6.10 Å². The van der Waals surface area contributed by atoms with Crippen molar-refractivity contribution < 1.29 is 4.74 Å². The van der Waals surface area contributed by atoms with Gasteiger partial charge in [-0.25, -0.2) is 6.57 Å². The lowest BCUT2D eigenvalue weighted by Crippen LogP contribution is -2.50. The maximum Gasteiger partial charge on any atom is 0.252 e. The lowest BCUT2D eigenvalue weighted by atomic mass is 9.53. The van der Waals surface area contributed by atoms with Gasteiger partial charge in [0.2, 0.25) is 0 Å². The van der Waals surface area contributed by atoms with Gasteiger partial charge in [-0.05, 0) is 77.0 Å². The van der Waals surface area contributed by atoms with E-state index in [2.05, 4.69) is 37.8 Å². The second-order valence-corrected chi connectivity index (χ2v) is 9.63. The summed E-state index contributed by atoms with van der Waals surface area (Å²) in [5, 5.41) is 9.82. The summed E-state index contributed by atoms with van der Waals surface area (Å²) in [5.41, 5.74) is 0.641. The fourth-order valence-corrected chi connectivity index (χ4v) is 5.63. The van der Waals surface area contributed by atoms with Gasteiger partial charge in [-0.15, -0.1) is 0 Å². The molecule has 136 valence electrons. The highest BCUT2D eigenvalue weighted by molar-refractivity contribution is 5.19. The van der Waals surface area contributed by atoms with E-state index in [0.29, 0.717) is 17.8 Å². The highest BCUT2D eigenvalue weighted by Gasteiger charge is 2.56. The molecule has 25 heavy (non-hydrogen) atoms. The molecule has 3 aliphatic rings. The van der Waals surface area contributed by atoms with Gasteiger partial charge in [-0.3, -0.25) is 0 Å². The third-order valence-corrected chi connectivity index (χ3v) is 7.48. The van der Waals surface area contributed by atoms with E-state index >= 15 is 0 Å². The molecule has 0 spiro atoms. The van der Waals surface area contributed by atoms with Crippen LogP contribution in [0.3, 0.4) is 0 Å². The van der Waals surface area contributed by atoms with E-state index in [1.165, 1.54) is 5.57 Å². The van der Waals surface area contributed by atoms with Crippen LogP contribution in [0.2, 0.25) is 0 Å². The van der Waals surface area contributed by atoms with Crippen LogP contribution in [0, 0.1) is 41.1 Å². The average Bonchev–Trinajstić information content (AvgIpc) is 2.99. The summed E-state index contributed by atoms with van der Waals surface area (Å²) in [6.07, 6.45) is 8.74. The summed E-state index contributed by atoms with van der Waals surface area (Å²) < 4.78 is 6.60. The normalized spacial score (nSPS) is 44.4. The zero-order valence-corrected chi connectivity index (χ0v) is 16.4. The molecule has 0 aromatic heterocycles. The molecule has 1 aliphatic heterocycles. The fraction of sp³-hybridized carbons (Fsp3) is 0.818. The number of allylic oxidation sites excluding steroid dienone is 2. The molecule has 3 rings (SSSR count). The van der Waals surface area contributed by atoms with E-state index in [0.717, 1.165) is 38.5 Å². The predicted octanol–water partition coefficient (Wildman–Crippen LogP) is 5.53. The van der Waals surface area contributed by atoms with Gasteiger partial charge in [0.05, 0.1) is 17.1 Å².